The summed E-state index contributed by atoms with van der Waals surface area (Å²) in [6, 6.07) is 17.5. The van der Waals surface area contributed by atoms with Crippen molar-refractivity contribution in [2.75, 3.05) is 6.54 Å². The lowest BCUT2D eigenvalue weighted by Gasteiger charge is -2.12. The third-order valence-electron chi connectivity index (χ3n) is 3.49. The maximum absolute atomic E-state index is 12.4. The molecule has 5 heteroatoms. The minimum Gasteiger partial charge on any atom is -0.268 e. The maximum atomic E-state index is 12.4. The van der Waals surface area contributed by atoms with Crippen LogP contribution in [-0.2, 0) is 11.2 Å². The first-order valence-electron chi connectivity index (χ1n) is 7.18. The van der Waals surface area contributed by atoms with E-state index < -0.39 is 0 Å². The van der Waals surface area contributed by atoms with Gasteiger partial charge in [0.25, 0.3) is 11.1 Å². The first-order chi connectivity index (χ1) is 11.1. The number of halogens is 1. The monoisotopic (exact) mass is 387 g/mol. The number of amides is 2. The molecule has 2 amide bonds. The summed E-state index contributed by atoms with van der Waals surface area (Å²) in [7, 11) is 0. The van der Waals surface area contributed by atoms with Gasteiger partial charge in [-0.2, -0.15) is 0 Å². The van der Waals surface area contributed by atoms with E-state index in [1.807, 2.05) is 54.6 Å². The Morgan fingerprint density at radius 2 is 1.83 bits per heavy atom. The van der Waals surface area contributed by atoms with Gasteiger partial charge in [-0.3, -0.25) is 14.5 Å². The predicted molar refractivity (Wildman–Crippen MR) is 97.0 cm³/mol. The van der Waals surface area contributed by atoms with E-state index in [4.69, 9.17) is 0 Å². The van der Waals surface area contributed by atoms with Crippen LogP contribution >= 0.6 is 27.7 Å². The lowest BCUT2D eigenvalue weighted by atomic mass is 10.1. The summed E-state index contributed by atoms with van der Waals surface area (Å²) in [5, 5.41) is -0.202. The highest BCUT2D eigenvalue weighted by atomic mass is 79.9. The Hall–Kier alpha value is -1.85. The molecule has 0 bridgehead atoms. The Bertz CT molecular complexity index is 774. The molecule has 116 valence electrons. The fraction of sp³-hybridized carbons (Fsp3) is 0.111. The first-order valence-corrected chi connectivity index (χ1v) is 8.79. The Balaban J connectivity index is 1.72. The Morgan fingerprint density at radius 3 is 2.57 bits per heavy atom. The van der Waals surface area contributed by atoms with Crippen LogP contribution in [0.25, 0.3) is 6.08 Å². The highest BCUT2D eigenvalue weighted by Crippen LogP contribution is 2.32. The van der Waals surface area contributed by atoms with Crippen molar-refractivity contribution in [1.29, 1.82) is 0 Å². The van der Waals surface area contributed by atoms with Gasteiger partial charge in [-0.1, -0.05) is 58.4 Å². The van der Waals surface area contributed by atoms with Crippen molar-refractivity contribution in [3.8, 4) is 0 Å². The average Bonchev–Trinajstić information content (AvgIpc) is 2.80. The van der Waals surface area contributed by atoms with Gasteiger partial charge in [0.05, 0.1) is 4.91 Å². The molecule has 1 aliphatic rings. The molecule has 3 nitrogen and oxygen atoms in total. The molecule has 0 saturated carbocycles. The molecule has 1 aliphatic heterocycles. The van der Waals surface area contributed by atoms with Crippen molar-refractivity contribution in [2.45, 2.75) is 6.42 Å². The van der Waals surface area contributed by atoms with E-state index >= 15 is 0 Å². The number of rotatable bonds is 4. The second-order valence-electron chi connectivity index (χ2n) is 5.12. The molecule has 23 heavy (non-hydrogen) atoms. The van der Waals surface area contributed by atoms with E-state index in [2.05, 4.69) is 15.9 Å². The van der Waals surface area contributed by atoms with Gasteiger partial charge in [0, 0.05) is 11.0 Å². The fourth-order valence-electron chi connectivity index (χ4n) is 2.33. The maximum Gasteiger partial charge on any atom is 0.293 e. The van der Waals surface area contributed by atoms with E-state index in [0.717, 1.165) is 27.4 Å². The summed E-state index contributed by atoms with van der Waals surface area (Å²) in [6.07, 6.45) is 2.43. The minimum atomic E-state index is -0.212. The van der Waals surface area contributed by atoms with Gasteiger partial charge in [0.2, 0.25) is 0 Å². The molecule has 2 aromatic carbocycles. The Labute approximate surface area is 147 Å². The van der Waals surface area contributed by atoms with Gasteiger partial charge < -0.3 is 0 Å². The van der Waals surface area contributed by atoms with Crippen molar-refractivity contribution >= 4 is 44.9 Å². The Morgan fingerprint density at radius 1 is 1.04 bits per heavy atom. The summed E-state index contributed by atoms with van der Waals surface area (Å²) < 4.78 is 0.939. The van der Waals surface area contributed by atoms with Gasteiger partial charge >= 0.3 is 0 Å². The van der Waals surface area contributed by atoms with Crippen LogP contribution < -0.4 is 0 Å². The SMILES string of the molecule is O=C1S/C(=C/c2cccc(Br)c2)C(=O)N1CCc1ccccc1. The largest absolute Gasteiger partial charge is 0.293 e. The van der Waals surface area contributed by atoms with Gasteiger partial charge in [-0.15, -0.1) is 0 Å². The molecule has 3 rings (SSSR count). The lowest BCUT2D eigenvalue weighted by Crippen LogP contribution is -2.30. The number of hydrogen-bond acceptors (Lipinski definition) is 3. The third kappa shape index (κ3) is 3.92. The average molecular weight is 388 g/mol. The smallest absolute Gasteiger partial charge is 0.268 e. The zero-order valence-corrected chi connectivity index (χ0v) is 14.6. The standard InChI is InChI=1S/C18H14BrNO2S/c19-15-8-4-7-14(11-15)12-16-17(21)20(18(22)23-16)10-9-13-5-2-1-3-6-13/h1-8,11-12H,9-10H2/b16-12+. The van der Waals surface area contributed by atoms with E-state index in [-0.39, 0.29) is 11.1 Å². The lowest BCUT2D eigenvalue weighted by molar-refractivity contribution is -0.122. The Kier molecular flexibility index (Phi) is 4.98. The van der Waals surface area contributed by atoms with Crippen molar-refractivity contribution in [3.05, 3.63) is 75.1 Å². The van der Waals surface area contributed by atoms with Crippen LogP contribution in [-0.4, -0.2) is 22.6 Å². The van der Waals surface area contributed by atoms with Gasteiger partial charge in [-0.25, -0.2) is 0 Å². The highest BCUT2D eigenvalue weighted by Gasteiger charge is 2.34. The van der Waals surface area contributed by atoms with E-state index in [0.29, 0.717) is 17.9 Å². The van der Waals surface area contributed by atoms with Crippen LogP contribution in [0, 0.1) is 0 Å². The molecular weight excluding hydrogens is 374 g/mol. The quantitative estimate of drug-likeness (QED) is 0.711. The highest BCUT2D eigenvalue weighted by molar-refractivity contribution is 9.10. The fourth-order valence-corrected chi connectivity index (χ4v) is 3.61. The summed E-state index contributed by atoms with van der Waals surface area (Å²) >= 11 is 4.40. The molecule has 0 aromatic heterocycles. The summed E-state index contributed by atoms with van der Waals surface area (Å²) in [6.45, 7) is 0.407. The van der Waals surface area contributed by atoms with Crippen molar-refractivity contribution in [2.24, 2.45) is 0 Å². The number of nitrogens with zero attached hydrogens (tertiary/aromatic N) is 1. The van der Waals surface area contributed by atoms with E-state index in [9.17, 15) is 9.59 Å². The van der Waals surface area contributed by atoms with Crippen molar-refractivity contribution < 1.29 is 9.59 Å². The summed E-state index contributed by atoms with van der Waals surface area (Å²) in [4.78, 5) is 26.3. The molecule has 0 N–H and O–H groups in total. The summed E-state index contributed by atoms with van der Waals surface area (Å²) in [5.74, 6) is -0.212. The van der Waals surface area contributed by atoms with Crippen molar-refractivity contribution in [3.63, 3.8) is 0 Å². The number of thioether (sulfide) groups is 1. The van der Waals surface area contributed by atoms with Gasteiger partial charge in [0.15, 0.2) is 0 Å². The molecule has 1 heterocycles. The number of hydrogen-bond donors (Lipinski definition) is 0. The van der Waals surface area contributed by atoms with Crippen LogP contribution in [0.5, 0.6) is 0 Å². The topological polar surface area (TPSA) is 37.4 Å². The first kappa shape index (κ1) is 16.0. The molecule has 2 aromatic rings. The van der Waals surface area contributed by atoms with Crippen LogP contribution in [0.3, 0.4) is 0 Å². The molecule has 0 radical (unpaired) electrons. The normalized spacial score (nSPS) is 16.4. The van der Waals surface area contributed by atoms with Gasteiger partial charge in [0.1, 0.15) is 0 Å². The van der Waals surface area contributed by atoms with E-state index in [1.165, 1.54) is 4.90 Å². The second kappa shape index (κ2) is 7.15. The third-order valence-corrected chi connectivity index (χ3v) is 4.89. The summed E-state index contributed by atoms with van der Waals surface area (Å²) in [5.41, 5.74) is 2.01. The molecular formula is C18H14BrNO2S. The number of carbonyl (C=O) groups excluding carboxylic acids is 2. The molecule has 0 atom stereocenters. The minimum absolute atomic E-state index is 0.202. The molecule has 1 fully saturated rings. The molecule has 0 aliphatic carbocycles. The van der Waals surface area contributed by atoms with Crippen molar-refractivity contribution in [1.82, 2.24) is 4.90 Å². The number of imide groups is 1. The zero-order chi connectivity index (χ0) is 16.2. The van der Waals surface area contributed by atoms with Crippen LogP contribution in [0.4, 0.5) is 4.79 Å². The number of benzene rings is 2. The van der Waals surface area contributed by atoms with Gasteiger partial charge in [-0.05, 0) is 47.5 Å². The second-order valence-corrected chi connectivity index (χ2v) is 7.03. The van der Waals surface area contributed by atoms with Crippen LogP contribution in [0.1, 0.15) is 11.1 Å². The van der Waals surface area contributed by atoms with E-state index in [1.54, 1.807) is 6.08 Å². The van der Waals surface area contributed by atoms with Crippen LogP contribution in [0.15, 0.2) is 64.0 Å². The predicted octanol–water partition coefficient (Wildman–Crippen LogP) is 4.73. The zero-order valence-electron chi connectivity index (χ0n) is 12.2. The molecule has 1 saturated heterocycles. The van der Waals surface area contributed by atoms with Crippen LogP contribution in [0.2, 0.25) is 0 Å². The molecule has 0 unspecified atom stereocenters. The molecule has 0 spiro atoms. The number of carbonyl (C=O) groups is 2.